The molecule has 4 nitrogen and oxygen atoms in total. The Kier molecular flexibility index (Phi) is 4.32. The van der Waals surface area contributed by atoms with E-state index in [4.69, 9.17) is 9.79 Å². The number of rotatable bonds is 3. The van der Waals surface area contributed by atoms with Crippen LogP contribution in [0.3, 0.4) is 0 Å². The van der Waals surface area contributed by atoms with Crippen LogP contribution in [0, 0.1) is 5.92 Å². The second-order valence-electron chi connectivity index (χ2n) is 3.92. The van der Waals surface area contributed by atoms with Crippen molar-refractivity contribution in [2.45, 2.75) is 25.8 Å². The van der Waals surface area contributed by atoms with E-state index in [1.54, 1.807) is 6.08 Å². The summed E-state index contributed by atoms with van der Waals surface area (Å²) in [6.07, 6.45) is 5.53. The molecular formula is C9H18NO3P. The van der Waals surface area contributed by atoms with Crippen LogP contribution in [0.2, 0.25) is 0 Å². The molecule has 2 atom stereocenters. The summed E-state index contributed by atoms with van der Waals surface area (Å²) in [5.74, 6) is 0.470. The van der Waals surface area contributed by atoms with E-state index in [1.807, 2.05) is 6.08 Å². The predicted molar refractivity (Wildman–Crippen MR) is 56.2 cm³/mol. The van der Waals surface area contributed by atoms with Gasteiger partial charge in [0.1, 0.15) is 0 Å². The molecule has 1 rings (SSSR count). The molecule has 1 aliphatic heterocycles. The summed E-state index contributed by atoms with van der Waals surface area (Å²) in [4.78, 5) is 17.3. The van der Waals surface area contributed by atoms with Gasteiger partial charge in [-0.15, -0.1) is 0 Å². The number of piperidine rings is 1. The lowest BCUT2D eigenvalue weighted by molar-refractivity contribution is 0.361. The van der Waals surface area contributed by atoms with Gasteiger partial charge in [-0.3, -0.25) is 4.57 Å². The smallest absolute Gasteiger partial charge is 0.324 e. The van der Waals surface area contributed by atoms with Crippen LogP contribution in [-0.4, -0.2) is 28.5 Å². The standard InChI is InChI=1S/C9H18NO3P/c1-8-7-9(4-5-10-8)3-2-6-14(11,12)13/h2-3,8-10H,4-7H2,1H3,(H2,11,12,13). The first-order chi connectivity index (χ1) is 6.47. The van der Waals surface area contributed by atoms with Crippen molar-refractivity contribution in [1.29, 1.82) is 0 Å². The minimum atomic E-state index is -3.85. The van der Waals surface area contributed by atoms with Crippen molar-refractivity contribution in [3.8, 4) is 0 Å². The average molecular weight is 219 g/mol. The van der Waals surface area contributed by atoms with Gasteiger partial charge in [0.05, 0.1) is 6.16 Å². The number of hydrogen-bond donors (Lipinski definition) is 3. The Morgan fingerprint density at radius 2 is 2.29 bits per heavy atom. The summed E-state index contributed by atoms with van der Waals surface area (Å²) in [6.45, 7) is 3.12. The fourth-order valence-electron chi connectivity index (χ4n) is 1.74. The molecule has 0 saturated carbocycles. The van der Waals surface area contributed by atoms with Gasteiger partial charge in [0.25, 0.3) is 0 Å². The van der Waals surface area contributed by atoms with E-state index in [-0.39, 0.29) is 6.16 Å². The van der Waals surface area contributed by atoms with Crippen molar-refractivity contribution in [3.05, 3.63) is 12.2 Å². The molecule has 2 unspecified atom stereocenters. The molecule has 1 aliphatic rings. The molecule has 0 aromatic carbocycles. The van der Waals surface area contributed by atoms with Crippen molar-refractivity contribution in [2.75, 3.05) is 12.7 Å². The van der Waals surface area contributed by atoms with Gasteiger partial charge in [-0.2, -0.15) is 0 Å². The SMILES string of the molecule is CC1CC(C=CCP(=O)(O)O)CCN1. The van der Waals surface area contributed by atoms with Gasteiger partial charge in [-0.25, -0.2) is 0 Å². The maximum absolute atomic E-state index is 10.6. The van der Waals surface area contributed by atoms with E-state index in [2.05, 4.69) is 12.2 Å². The van der Waals surface area contributed by atoms with Crippen LogP contribution in [0.15, 0.2) is 12.2 Å². The van der Waals surface area contributed by atoms with E-state index in [0.29, 0.717) is 12.0 Å². The van der Waals surface area contributed by atoms with Gasteiger partial charge >= 0.3 is 7.60 Å². The minimum Gasteiger partial charge on any atom is -0.324 e. The monoisotopic (exact) mass is 219 g/mol. The fraction of sp³-hybridized carbons (Fsp3) is 0.778. The van der Waals surface area contributed by atoms with Crippen LogP contribution in [0.25, 0.3) is 0 Å². The first-order valence-corrected chi connectivity index (χ1v) is 6.72. The van der Waals surface area contributed by atoms with Crippen LogP contribution in [0.1, 0.15) is 19.8 Å². The van der Waals surface area contributed by atoms with Crippen molar-refractivity contribution in [3.63, 3.8) is 0 Å². The summed E-state index contributed by atoms with van der Waals surface area (Å²) in [6, 6.07) is 0.508. The maximum Gasteiger partial charge on any atom is 0.329 e. The Hall–Kier alpha value is -0.150. The third-order valence-corrected chi connectivity index (χ3v) is 3.10. The summed E-state index contributed by atoms with van der Waals surface area (Å²) in [7, 11) is -3.85. The normalized spacial score (nSPS) is 29.6. The number of allylic oxidation sites excluding steroid dienone is 2. The van der Waals surface area contributed by atoms with E-state index in [0.717, 1.165) is 19.4 Å². The van der Waals surface area contributed by atoms with Gasteiger partial charge in [-0.05, 0) is 32.2 Å². The highest BCUT2D eigenvalue weighted by atomic mass is 31.2. The molecule has 1 fully saturated rings. The lowest BCUT2D eigenvalue weighted by Crippen LogP contribution is -2.35. The number of nitrogens with one attached hydrogen (secondary N) is 1. The zero-order chi connectivity index (χ0) is 10.6. The van der Waals surface area contributed by atoms with Gasteiger partial charge in [-0.1, -0.05) is 12.2 Å². The zero-order valence-electron chi connectivity index (χ0n) is 8.39. The van der Waals surface area contributed by atoms with Crippen molar-refractivity contribution in [1.82, 2.24) is 5.32 Å². The van der Waals surface area contributed by atoms with Crippen molar-refractivity contribution >= 4 is 7.60 Å². The first-order valence-electron chi connectivity index (χ1n) is 4.92. The quantitative estimate of drug-likeness (QED) is 0.491. The van der Waals surface area contributed by atoms with E-state index < -0.39 is 7.60 Å². The molecule has 5 heteroatoms. The Morgan fingerprint density at radius 3 is 2.86 bits per heavy atom. The Bertz CT molecular complexity index is 248. The van der Waals surface area contributed by atoms with E-state index >= 15 is 0 Å². The Labute approximate surface area is 84.6 Å². The summed E-state index contributed by atoms with van der Waals surface area (Å²) in [5.41, 5.74) is 0. The Morgan fingerprint density at radius 1 is 1.57 bits per heavy atom. The van der Waals surface area contributed by atoms with Gasteiger partial charge in [0, 0.05) is 6.04 Å². The highest BCUT2D eigenvalue weighted by Crippen LogP contribution is 2.34. The molecule has 0 bridgehead atoms. The molecular weight excluding hydrogens is 201 g/mol. The number of hydrogen-bond acceptors (Lipinski definition) is 2. The molecule has 0 amide bonds. The average Bonchev–Trinajstić information content (AvgIpc) is 2.01. The topological polar surface area (TPSA) is 69.6 Å². The van der Waals surface area contributed by atoms with Crippen molar-refractivity contribution in [2.24, 2.45) is 5.92 Å². The van der Waals surface area contributed by atoms with Crippen molar-refractivity contribution < 1.29 is 14.4 Å². The predicted octanol–water partition coefficient (Wildman–Crippen LogP) is 1.11. The van der Waals surface area contributed by atoms with Crippen LogP contribution in [0.5, 0.6) is 0 Å². The molecule has 1 saturated heterocycles. The van der Waals surface area contributed by atoms with E-state index in [9.17, 15) is 4.57 Å². The van der Waals surface area contributed by atoms with Crippen LogP contribution in [-0.2, 0) is 4.57 Å². The highest BCUT2D eigenvalue weighted by molar-refractivity contribution is 7.51. The van der Waals surface area contributed by atoms with Gasteiger partial charge in [0.2, 0.25) is 0 Å². The fourth-order valence-corrected chi connectivity index (χ4v) is 2.13. The van der Waals surface area contributed by atoms with Gasteiger partial charge in [0.15, 0.2) is 0 Å². The molecule has 3 N–H and O–H groups in total. The third-order valence-electron chi connectivity index (χ3n) is 2.42. The Balaban J connectivity index is 2.32. The molecule has 0 spiro atoms. The molecule has 0 radical (unpaired) electrons. The lowest BCUT2D eigenvalue weighted by Gasteiger charge is -2.25. The van der Waals surface area contributed by atoms with E-state index in [1.165, 1.54) is 0 Å². The molecule has 14 heavy (non-hydrogen) atoms. The summed E-state index contributed by atoms with van der Waals surface area (Å²) in [5, 5.41) is 3.33. The molecule has 82 valence electrons. The molecule has 0 aromatic rings. The molecule has 0 aliphatic carbocycles. The van der Waals surface area contributed by atoms with Gasteiger partial charge < -0.3 is 15.1 Å². The zero-order valence-corrected chi connectivity index (χ0v) is 9.28. The first kappa shape index (κ1) is 11.9. The van der Waals surface area contributed by atoms with Crippen LogP contribution >= 0.6 is 7.60 Å². The maximum atomic E-state index is 10.6. The highest BCUT2D eigenvalue weighted by Gasteiger charge is 2.16. The second-order valence-corrected chi connectivity index (χ2v) is 5.61. The van der Waals surface area contributed by atoms with Crippen LogP contribution in [0.4, 0.5) is 0 Å². The van der Waals surface area contributed by atoms with Crippen LogP contribution < -0.4 is 5.32 Å². The third kappa shape index (κ3) is 4.91. The largest absolute Gasteiger partial charge is 0.329 e. The molecule has 1 heterocycles. The molecule has 0 aromatic heterocycles. The lowest BCUT2D eigenvalue weighted by atomic mass is 9.93. The summed E-state index contributed by atoms with van der Waals surface area (Å²) < 4.78 is 10.6. The second kappa shape index (κ2) is 5.08. The minimum absolute atomic E-state index is 0.134. The summed E-state index contributed by atoms with van der Waals surface area (Å²) >= 11 is 0.